The Kier molecular flexibility index (Phi) is 3.82. The molecule has 0 atom stereocenters. The second kappa shape index (κ2) is 5.54. The lowest BCUT2D eigenvalue weighted by atomic mass is 10.1. The third-order valence-electron chi connectivity index (χ3n) is 2.50. The minimum absolute atomic E-state index is 0.570. The summed E-state index contributed by atoms with van der Waals surface area (Å²) in [6.07, 6.45) is 2.80. The van der Waals surface area contributed by atoms with Crippen LogP contribution in [0.2, 0.25) is 0 Å². The van der Waals surface area contributed by atoms with Gasteiger partial charge in [-0.15, -0.1) is 10.2 Å². The van der Waals surface area contributed by atoms with E-state index in [2.05, 4.69) is 33.5 Å². The molecular weight excluding hydrogens is 216 g/mol. The number of hydrogen-bond acceptors (Lipinski definition) is 5. The van der Waals surface area contributed by atoms with Crippen molar-refractivity contribution < 1.29 is 4.42 Å². The van der Waals surface area contributed by atoms with E-state index in [0.717, 1.165) is 12.1 Å². The summed E-state index contributed by atoms with van der Waals surface area (Å²) in [5, 5.41) is 10.9. The molecule has 0 saturated heterocycles. The topological polar surface area (TPSA) is 63.8 Å². The molecule has 0 amide bonds. The molecule has 0 aromatic carbocycles. The third-order valence-corrected chi connectivity index (χ3v) is 2.50. The second-order valence-electron chi connectivity index (χ2n) is 3.78. The van der Waals surface area contributed by atoms with E-state index in [4.69, 9.17) is 4.42 Å². The van der Waals surface area contributed by atoms with Crippen LogP contribution in [0.4, 0.5) is 0 Å². The summed E-state index contributed by atoms with van der Waals surface area (Å²) in [6, 6.07) is 4.06. The molecule has 1 N–H and O–H groups in total. The molecule has 0 aliphatic rings. The van der Waals surface area contributed by atoms with Crippen molar-refractivity contribution in [2.24, 2.45) is 0 Å². The highest BCUT2D eigenvalue weighted by Gasteiger charge is 2.04. The van der Waals surface area contributed by atoms with Crippen LogP contribution in [-0.4, -0.2) is 15.2 Å². The van der Waals surface area contributed by atoms with Crippen molar-refractivity contribution in [2.75, 3.05) is 0 Å². The summed E-state index contributed by atoms with van der Waals surface area (Å²) < 4.78 is 5.27. The number of pyridine rings is 1. The zero-order chi connectivity index (χ0) is 12.1. The average molecular weight is 232 g/mol. The zero-order valence-electron chi connectivity index (χ0n) is 10.1. The molecule has 0 bridgehead atoms. The zero-order valence-corrected chi connectivity index (χ0v) is 10.1. The maximum Gasteiger partial charge on any atom is 0.230 e. The van der Waals surface area contributed by atoms with Crippen LogP contribution in [0.25, 0.3) is 0 Å². The van der Waals surface area contributed by atoms with Crippen LogP contribution in [0.15, 0.2) is 22.7 Å². The molecule has 5 nitrogen and oxygen atoms in total. The van der Waals surface area contributed by atoms with Gasteiger partial charge in [0.2, 0.25) is 11.8 Å². The van der Waals surface area contributed by atoms with Gasteiger partial charge in [-0.2, -0.15) is 0 Å². The van der Waals surface area contributed by atoms with E-state index in [-0.39, 0.29) is 0 Å². The molecule has 5 heteroatoms. The van der Waals surface area contributed by atoms with E-state index in [1.54, 1.807) is 6.92 Å². The van der Waals surface area contributed by atoms with Gasteiger partial charge in [0, 0.05) is 19.7 Å². The molecule has 90 valence electrons. The van der Waals surface area contributed by atoms with Crippen molar-refractivity contribution in [1.82, 2.24) is 20.5 Å². The Morgan fingerprint density at radius 2 is 2.18 bits per heavy atom. The molecule has 2 aromatic rings. The largest absolute Gasteiger partial charge is 0.424 e. The number of hydrogen-bond donors (Lipinski definition) is 1. The lowest BCUT2D eigenvalue weighted by Crippen LogP contribution is -2.15. The normalized spacial score (nSPS) is 10.7. The number of aryl methyl sites for hydroxylation is 2. The van der Waals surface area contributed by atoms with Gasteiger partial charge in [0.1, 0.15) is 0 Å². The van der Waals surface area contributed by atoms with Crippen LogP contribution < -0.4 is 5.32 Å². The molecule has 0 unspecified atom stereocenters. The molecule has 0 fully saturated rings. The maximum atomic E-state index is 5.27. The van der Waals surface area contributed by atoms with Crippen LogP contribution in [0.3, 0.4) is 0 Å². The summed E-state index contributed by atoms with van der Waals surface area (Å²) in [5.74, 6) is 1.20. The molecule has 0 radical (unpaired) electrons. The smallest absolute Gasteiger partial charge is 0.230 e. The van der Waals surface area contributed by atoms with E-state index in [1.165, 1.54) is 5.56 Å². The Morgan fingerprint density at radius 3 is 2.88 bits per heavy atom. The molecule has 2 rings (SSSR count). The van der Waals surface area contributed by atoms with Crippen molar-refractivity contribution in [1.29, 1.82) is 0 Å². The van der Waals surface area contributed by atoms with Crippen LogP contribution in [0, 0.1) is 6.92 Å². The van der Waals surface area contributed by atoms with Crippen molar-refractivity contribution in [2.45, 2.75) is 33.4 Å². The van der Waals surface area contributed by atoms with Crippen molar-refractivity contribution >= 4 is 0 Å². The maximum absolute atomic E-state index is 5.27. The highest BCUT2D eigenvalue weighted by Crippen LogP contribution is 2.06. The molecule has 2 heterocycles. The summed E-state index contributed by atoms with van der Waals surface area (Å²) in [6.45, 7) is 5.19. The molecule has 0 saturated carbocycles. The van der Waals surface area contributed by atoms with Gasteiger partial charge in [-0.3, -0.25) is 4.98 Å². The van der Waals surface area contributed by atoms with Crippen LogP contribution in [0.1, 0.15) is 30.0 Å². The lowest BCUT2D eigenvalue weighted by molar-refractivity contribution is 0.445. The number of rotatable bonds is 5. The predicted octanol–water partition coefficient (Wildman–Crippen LogP) is 1.63. The first-order chi connectivity index (χ1) is 8.29. The van der Waals surface area contributed by atoms with Gasteiger partial charge in [-0.05, 0) is 18.1 Å². The van der Waals surface area contributed by atoms with Crippen molar-refractivity contribution in [3.05, 3.63) is 41.4 Å². The fourth-order valence-corrected chi connectivity index (χ4v) is 1.65. The van der Waals surface area contributed by atoms with Gasteiger partial charge >= 0.3 is 0 Å². The van der Waals surface area contributed by atoms with E-state index in [1.807, 2.05) is 12.3 Å². The molecule has 0 aliphatic carbocycles. The highest BCUT2D eigenvalue weighted by atomic mass is 16.4. The van der Waals surface area contributed by atoms with Crippen molar-refractivity contribution in [3.8, 4) is 0 Å². The Bertz CT molecular complexity index is 481. The summed E-state index contributed by atoms with van der Waals surface area (Å²) in [4.78, 5) is 4.36. The highest BCUT2D eigenvalue weighted by molar-refractivity contribution is 5.19. The fourth-order valence-electron chi connectivity index (χ4n) is 1.65. The Labute approximate surface area is 100 Å². The Balaban J connectivity index is 1.89. The first-order valence-electron chi connectivity index (χ1n) is 5.72. The fraction of sp³-hybridized carbons (Fsp3) is 0.417. The summed E-state index contributed by atoms with van der Waals surface area (Å²) >= 11 is 0. The van der Waals surface area contributed by atoms with E-state index < -0.39 is 0 Å². The monoisotopic (exact) mass is 232 g/mol. The minimum Gasteiger partial charge on any atom is -0.424 e. The molecule has 0 spiro atoms. The SMILES string of the molecule is CCc1cccnc1CNCc1nnc(C)o1. The van der Waals surface area contributed by atoms with Gasteiger partial charge < -0.3 is 9.73 Å². The molecule has 0 aliphatic heterocycles. The first kappa shape index (κ1) is 11.7. The second-order valence-corrected chi connectivity index (χ2v) is 3.78. The number of nitrogens with one attached hydrogen (secondary N) is 1. The van der Waals surface area contributed by atoms with Gasteiger partial charge in [0.05, 0.1) is 12.2 Å². The molecule has 2 aromatic heterocycles. The van der Waals surface area contributed by atoms with Crippen LogP contribution in [0.5, 0.6) is 0 Å². The lowest BCUT2D eigenvalue weighted by Gasteiger charge is -2.06. The quantitative estimate of drug-likeness (QED) is 0.848. The number of nitrogens with zero attached hydrogens (tertiary/aromatic N) is 3. The number of aromatic nitrogens is 3. The van der Waals surface area contributed by atoms with Gasteiger partial charge in [-0.25, -0.2) is 0 Å². The average Bonchev–Trinajstić information content (AvgIpc) is 2.76. The predicted molar refractivity (Wildman–Crippen MR) is 63.2 cm³/mol. The van der Waals surface area contributed by atoms with Gasteiger partial charge in [-0.1, -0.05) is 13.0 Å². The molecular formula is C12H16N4O. The third kappa shape index (κ3) is 3.10. The summed E-state index contributed by atoms with van der Waals surface area (Å²) in [5.41, 5.74) is 2.34. The Morgan fingerprint density at radius 1 is 1.29 bits per heavy atom. The molecule has 17 heavy (non-hydrogen) atoms. The van der Waals surface area contributed by atoms with Gasteiger partial charge in [0.15, 0.2) is 0 Å². The van der Waals surface area contributed by atoms with Crippen LogP contribution >= 0.6 is 0 Å². The van der Waals surface area contributed by atoms with Gasteiger partial charge in [0.25, 0.3) is 0 Å². The van der Waals surface area contributed by atoms with E-state index in [9.17, 15) is 0 Å². The van der Waals surface area contributed by atoms with E-state index in [0.29, 0.717) is 24.9 Å². The van der Waals surface area contributed by atoms with Crippen LogP contribution in [-0.2, 0) is 19.5 Å². The van der Waals surface area contributed by atoms with Crippen molar-refractivity contribution in [3.63, 3.8) is 0 Å². The summed E-state index contributed by atoms with van der Waals surface area (Å²) in [7, 11) is 0. The van der Waals surface area contributed by atoms with E-state index >= 15 is 0 Å². The minimum atomic E-state index is 0.570. The Hall–Kier alpha value is -1.75. The standard InChI is InChI=1S/C12H16N4O/c1-3-10-5-4-6-14-11(10)7-13-8-12-16-15-9(2)17-12/h4-6,13H,3,7-8H2,1-2H3. The first-order valence-corrected chi connectivity index (χ1v) is 5.72.